The minimum Gasteiger partial charge on any atom is -1.00 e. The quantitative estimate of drug-likeness (QED) is 0.0281. The van der Waals surface area contributed by atoms with Gasteiger partial charge in [-0.2, -0.15) is 0 Å². The van der Waals surface area contributed by atoms with E-state index in [-0.39, 0.29) is 111 Å². The molecule has 3 aromatic carbocycles. The Morgan fingerprint density at radius 2 is 0.945 bits per heavy atom. The topological polar surface area (TPSA) is 433 Å². The van der Waals surface area contributed by atoms with E-state index in [1.54, 1.807) is 98.0 Å². The Balaban J connectivity index is 0.000000269. The van der Waals surface area contributed by atoms with E-state index < -0.39 is 35.1 Å². The van der Waals surface area contributed by atoms with Crippen molar-refractivity contribution in [2.24, 2.45) is 0 Å². The van der Waals surface area contributed by atoms with Gasteiger partial charge in [-0.15, -0.1) is 0 Å². The van der Waals surface area contributed by atoms with Crippen molar-refractivity contribution in [3.63, 3.8) is 0 Å². The van der Waals surface area contributed by atoms with Gasteiger partial charge >= 0.3 is 60.4 Å². The molecule has 13 heterocycles. The maximum absolute atomic E-state index is 12.7. The molecule has 1 saturated heterocycles. The average Bonchev–Trinajstić information content (AvgIpc) is 1.55. The van der Waals surface area contributed by atoms with Gasteiger partial charge in [0.2, 0.25) is 0 Å². The molecule has 0 bridgehead atoms. The van der Waals surface area contributed by atoms with Crippen LogP contribution in [0.2, 0.25) is 20.6 Å². The van der Waals surface area contributed by atoms with Crippen molar-refractivity contribution < 1.29 is 105 Å². The van der Waals surface area contributed by atoms with Crippen molar-refractivity contribution in [2.45, 2.75) is 82.4 Å². The standard InChI is InChI=1S/C13H10ClN3O2S.C12H8ClN3O2S.C12H15N3O2.C8H7N3O2.C7H6ClN3.C6H4ClN3.C6H5ClO2S.C4H8O.CH4.Li.Na.H2O.H/c1-9-7-11-12(14)15-8-16-13(11)17(9)20(18,19)10-5-3-2-4-6-10;13-11-10-6-7-16(12(10)15-8-14-11)19(17,18)9-4-2-1-3-5-9;1-3-4-5-17-12(16)10-9-6-8(2)15-11(9)14-7-13-10;1-4-2-5-6(8(12)13)9-3-10-7(5)11-4;1-4-2-5-6(8)9-3-10-7(5)11-4;7-5-4-1-2-8-6(4)10-3-9-5;7-10(8,9)6-4-2-1-3-5-6;1-2-4-5-3-1;;;;;/h2-8H,1H3;1-8H;6-7H,3-5H2,1-2H3,(H,13,14,15);2-3H,1H3,(H,12,13)(H,9,10,11);2-3H,1H3,(H,9,10,11);1-3H,(H,8,9,10);1-5H;1-4H2;1H4;;;1H2;/q;;;;;;;;;2*+1;;-1/p-1. The van der Waals surface area contributed by atoms with Crippen molar-refractivity contribution in [3.8, 4) is 0 Å². The number of hydrogen-bond acceptors (Lipinski definition) is 23. The number of H-pyrrole nitrogens is 4. The fraction of sp³-hybridized carbons (Fsp3) is 0.188. The molecule has 0 atom stereocenters. The molecule has 12 aromatic heterocycles. The van der Waals surface area contributed by atoms with Crippen LogP contribution in [0.3, 0.4) is 0 Å². The smallest absolute Gasteiger partial charge is 1.00 e. The minimum absolute atomic E-state index is 0. The van der Waals surface area contributed by atoms with Crippen LogP contribution < -0.4 is 48.4 Å². The summed E-state index contributed by atoms with van der Waals surface area (Å²) in [7, 11) is -5.87. The largest absolute Gasteiger partial charge is 1.00 e. The summed E-state index contributed by atoms with van der Waals surface area (Å²) in [5, 5.41) is 14.3. The summed E-state index contributed by atoms with van der Waals surface area (Å²) >= 11 is 23.4. The molecule has 1 aliphatic rings. The number of aromatic nitrogens is 18. The number of aromatic amines is 4. The zero-order valence-electron chi connectivity index (χ0n) is 59.5. The van der Waals surface area contributed by atoms with Crippen LogP contribution in [0, 0.1) is 27.7 Å². The van der Waals surface area contributed by atoms with Crippen molar-refractivity contribution >= 4 is 164 Å². The summed E-state index contributed by atoms with van der Waals surface area (Å²) in [6.07, 6.45) is 15.6. The molecule has 0 saturated carbocycles. The Morgan fingerprint density at radius 1 is 0.523 bits per heavy atom. The molecule has 0 amide bonds. The summed E-state index contributed by atoms with van der Waals surface area (Å²) in [5.74, 6) is -1.42. The molecule has 1 fully saturated rings. The van der Waals surface area contributed by atoms with Crippen molar-refractivity contribution in [1.82, 2.24) is 87.7 Å². The number of benzene rings is 3. The number of rotatable bonds is 10. The average molecular weight is 1650 g/mol. The predicted molar refractivity (Wildman–Crippen MR) is 409 cm³/mol. The molecule has 16 rings (SSSR count). The number of ether oxygens (including phenoxy) is 2. The number of carboxylic acid groups (broad SMARTS) is 1. The first-order valence-corrected chi connectivity index (χ1v) is 38.0. The second-order valence-corrected chi connectivity index (χ2v) is 29.7. The number of hydrogen-bond donors (Lipinski definition) is 5. The molecular formula is C69H69Cl5LiN18NaO12S3. The molecular weight excluding hydrogens is 1580 g/mol. The third kappa shape index (κ3) is 23.8. The maximum Gasteiger partial charge on any atom is 1.00 e. The van der Waals surface area contributed by atoms with Gasteiger partial charge in [-0.1, -0.05) is 122 Å². The van der Waals surface area contributed by atoms with Crippen molar-refractivity contribution in [2.75, 3.05) is 19.8 Å². The molecule has 6 N–H and O–H groups in total. The molecule has 0 aliphatic carbocycles. The Hall–Kier alpha value is -8.86. The number of carbonyl (C=O) groups is 2. The summed E-state index contributed by atoms with van der Waals surface area (Å²) in [5.41, 5.74) is 7.11. The van der Waals surface area contributed by atoms with Crippen LogP contribution in [0.5, 0.6) is 0 Å². The Labute approximate surface area is 685 Å². The van der Waals surface area contributed by atoms with Gasteiger partial charge in [0.05, 0.1) is 53.6 Å². The van der Waals surface area contributed by atoms with Gasteiger partial charge in [0.1, 0.15) is 81.2 Å². The normalized spacial score (nSPS) is 11.4. The molecule has 40 heteroatoms. The van der Waals surface area contributed by atoms with E-state index in [0.717, 1.165) is 69.2 Å². The fourth-order valence-electron chi connectivity index (χ4n) is 9.71. The summed E-state index contributed by atoms with van der Waals surface area (Å²) < 4.78 is 83.9. The number of unbranched alkanes of at least 4 members (excludes halogenated alkanes) is 1. The van der Waals surface area contributed by atoms with Gasteiger partial charge in [0.25, 0.3) is 29.1 Å². The second kappa shape index (κ2) is 42.4. The summed E-state index contributed by atoms with van der Waals surface area (Å²) in [6, 6.07) is 34.8. The van der Waals surface area contributed by atoms with Crippen LogP contribution in [0.4, 0.5) is 0 Å². The third-order valence-corrected chi connectivity index (χ3v) is 20.6. The van der Waals surface area contributed by atoms with E-state index in [2.05, 4.69) is 79.7 Å². The van der Waals surface area contributed by atoms with Crippen LogP contribution in [0.1, 0.15) is 85.2 Å². The molecule has 0 radical (unpaired) electrons. The molecule has 562 valence electrons. The zero-order chi connectivity index (χ0) is 75.4. The van der Waals surface area contributed by atoms with Crippen LogP contribution in [-0.2, 0) is 38.6 Å². The fourth-order valence-corrected chi connectivity index (χ4v) is 14.1. The van der Waals surface area contributed by atoms with E-state index >= 15 is 0 Å². The molecule has 15 aromatic rings. The number of carbonyl (C=O) groups excluding carboxylic acids is 1. The Bertz CT molecular complexity index is 5850. The first-order valence-electron chi connectivity index (χ1n) is 31.3. The number of nitrogens with zero attached hydrogens (tertiary/aromatic N) is 14. The van der Waals surface area contributed by atoms with E-state index in [1.165, 1.54) is 85.2 Å². The predicted octanol–water partition coefficient (Wildman–Crippen LogP) is 8.66. The molecule has 30 nitrogen and oxygen atoms in total. The van der Waals surface area contributed by atoms with Gasteiger partial charge in [-0.05, 0) is 120 Å². The third-order valence-electron chi connectivity index (χ3n) is 14.6. The van der Waals surface area contributed by atoms with E-state index in [0.29, 0.717) is 61.1 Å². The number of esters is 1. The SMILES string of the molecule is C.C1CCOC1.CCCCOC(=O)c1ncnc2[nH]c(C)cc12.Cc1cc2c(C(=O)O)ncnc2[nH]1.Cc1cc2c(Cl)ncnc2[nH]1.Cc1cc2c(Cl)ncnc2n1S(=O)(=O)c1ccccc1.Clc1ncnc2[nH]ccc12.O=S(=O)(Cl)c1ccccc1.O=S(=O)(c1ccccc1)n1ccc2c(Cl)ncnc21.[H-].[Li+].[Na+].[OH-]. The summed E-state index contributed by atoms with van der Waals surface area (Å²) in [4.78, 5) is 82.1. The van der Waals surface area contributed by atoms with Gasteiger partial charge in [0.15, 0.2) is 22.7 Å². The number of aromatic carboxylic acids is 1. The summed E-state index contributed by atoms with van der Waals surface area (Å²) in [6.45, 7) is 11.9. The van der Waals surface area contributed by atoms with Crippen LogP contribution in [-0.4, -0.2) is 155 Å². The van der Waals surface area contributed by atoms with Crippen LogP contribution in [0.25, 0.3) is 66.2 Å². The number of carboxylic acids is 1. The first-order chi connectivity index (χ1) is 50.3. The first kappa shape index (κ1) is 90.8. The van der Waals surface area contributed by atoms with Crippen LogP contribution >= 0.6 is 57.1 Å². The Morgan fingerprint density at radius 3 is 1.41 bits per heavy atom. The van der Waals surface area contributed by atoms with E-state index in [4.69, 9.17) is 71.7 Å². The molecule has 109 heavy (non-hydrogen) atoms. The van der Waals surface area contributed by atoms with Gasteiger partial charge in [0, 0.05) is 59.1 Å². The molecule has 0 unspecified atom stereocenters. The van der Waals surface area contributed by atoms with Gasteiger partial charge in [-0.3, -0.25) is 0 Å². The molecule has 1 aliphatic heterocycles. The van der Waals surface area contributed by atoms with E-state index in [9.17, 15) is 34.8 Å². The van der Waals surface area contributed by atoms with Crippen molar-refractivity contribution in [1.29, 1.82) is 0 Å². The number of fused-ring (bicyclic) bond motifs is 6. The molecule has 0 spiro atoms. The monoisotopic (exact) mass is 1640 g/mol. The minimum atomic E-state index is -3.70. The van der Waals surface area contributed by atoms with Crippen LogP contribution in [0.15, 0.2) is 192 Å². The van der Waals surface area contributed by atoms with Gasteiger partial charge < -0.3 is 41.4 Å². The Kier molecular flexibility index (Phi) is 35.3. The van der Waals surface area contributed by atoms with Crippen molar-refractivity contribution in [3.05, 3.63) is 233 Å². The van der Waals surface area contributed by atoms with Gasteiger partial charge in [-0.25, -0.2) is 103 Å². The second-order valence-electron chi connectivity index (χ2n) is 22.1. The maximum atomic E-state index is 12.7. The number of halogens is 5. The van der Waals surface area contributed by atoms with E-state index in [1.807, 2.05) is 45.9 Å². The zero-order valence-corrected chi connectivity index (χ0v) is 66.8. The number of nitrogens with one attached hydrogen (secondary N) is 4. The number of aryl methyl sites for hydroxylation is 4.